The highest BCUT2D eigenvalue weighted by Gasteiger charge is 1.93. The van der Waals surface area contributed by atoms with Crippen molar-refractivity contribution in [2.75, 3.05) is 20.1 Å². The standard InChI is InChI=1S/C8H18N2S/c1-4-10(3)7-5-6-9-8(2)11/h4,8-9,11H,1,5-7H2,2-3H3. The number of nitrogens with zero attached hydrogens (tertiary/aromatic N) is 1. The largest absolute Gasteiger partial charge is 0.381 e. The zero-order valence-electron chi connectivity index (χ0n) is 7.38. The third-order valence-corrected chi connectivity index (χ3v) is 1.62. The van der Waals surface area contributed by atoms with Gasteiger partial charge in [0.05, 0.1) is 0 Å². The first-order valence-corrected chi connectivity index (χ1v) is 4.42. The summed E-state index contributed by atoms with van der Waals surface area (Å²) in [5.74, 6) is 0. The Labute approximate surface area is 75.1 Å². The van der Waals surface area contributed by atoms with Crippen molar-refractivity contribution < 1.29 is 0 Å². The van der Waals surface area contributed by atoms with Crippen molar-refractivity contribution in [2.45, 2.75) is 18.7 Å². The van der Waals surface area contributed by atoms with Crippen LogP contribution in [0, 0.1) is 0 Å². The molecule has 0 saturated heterocycles. The van der Waals surface area contributed by atoms with Crippen molar-refractivity contribution in [3.8, 4) is 0 Å². The molecule has 1 unspecified atom stereocenters. The highest BCUT2D eigenvalue weighted by Crippen LogP contribution is 1.89. The van der Waals surface area contributed by atoms with Crippen molar-refractivity contribution in [3.63, 3.8) is 0 Å². The number of rotatable bonds is 6. The molecule has 0 aliphatic carbocycles. The summed E-state index contributed by atoms with van der Waals surface area (Å²) in [7, 11) is 2.02. The number of thiol groups is 1. The summed E-state index contributed by atoms with van der Waals surface area (Å²) in [5.41, 5.74) is 0. The Morgan fingerprint density at radius 3 is 2.82 bits per heavy atom. The first-order chi connectivity index (χ1) is 5.16. The molecule has 0 aromatic rings. The minimum Gasteiger partial charge on any atom is -0.381 e. The van der Waals surface area contributed by atoms with E-state index in [4.69, 9.17) is 0 Å². The molecule has 0 rings (SSSR count). The second kappa shape index (κ2) is 6.55. The van der Waals surface area contributed by atoms with Crippen LogP contribution in [0.4, 0.5) is 0 Å². The molecule has 0 aromatic heterocycles. The Morgan fingerprint density at radius 1 is 1.73 bits per heavy atom. The van der Waals surface area contributed by atoms with Crippen LogP contribution in [-0.4, -0.2) is 30.4 Å². The van der Waals surface area contributed by atoms with Gasteiger partial charge in [-0.05, 0) is 26.1 Å². The van der Waals surface area contributed by atoms with Crippen LogP contribution in [0.5, 0.6) is 0 Å². The third kappa shape index (κ3) is 7.75. The summed E-state index contributed by atoms with van der Waals surface area (Å²) < 4.78 is 0. The van der Waals surface area contributed by atoms with Gasteiger partial charge in [0.25, 0.3) is 0 Å². The molecule has 0 aliphatic heterocycles. The molecule has 0 radical (unpaired) electrons. The molecule has 1 N–H and O–H groups in total. The van der Waals surface area contributed by atoms with Gasteiger partial charge >= 0.3 is 0 Å². The van der Waals surface area contributed by atoms with Gasteiger partial charge in [0.2, 0.25) is 0 Å². The van der Waals surface area contributed by atoms with Crippen molar-refractivity contribution in [1.29, 1.82) is 0 Å². The van der Waals surface area contributed by atoms with E-state index < -0.39 is 0 Å². The van der Waals surface area contributed by atoms with Crippen LogP contribution in [0.2, 0.25) is 0 Å². The maximum absolute atomic E-state index is 4.20. The lowest BCUT2D eigenvalue weighted by Crippen LogP contribution is -2.24. The molecule has 2 nitrogen and oxygen atoms in total. The fourth-order valence-electron chi connectivity index (χ4n) is 0.731. The Hall–Kier alpha value is -0.150. The third-order valence-electron chi connectivity index (χ3n) is 1.44. The fraction of sp³-hybridized carbons (Fsp3) is 0.750. The van der Waals surface area contributed by atoms with Crippen LogP contribution in [0.25, 0.3) is 0 Å². The van der Waals surface area contributed by atoms with Gasteiger partial charge in [0, 0.05) is 19.0 Å². The summed E-state index contributed by atoms with van der Waals surface area (Å²) in [5, 5.41) is 3.52. The summed E-state index contributed by atoms with van der Waals surface area (Å²) in [6.45, 7) is 7.76. The van der Waals surface area contributed by atoms with E-state index >= 15 is 0 Å². The highest BCUT2D eigenvalue weighted by molar-refractivity contribution is 7.80. The zero-order valence-corrected chi connectivity index (χ0v) is 8.27. The average Bonchev–Trinajstić information content (AvgIpc) is 1.97. The molecule has 0 bridgehead atoms. The molecule has 0 saturated carbocycles. The minimum absolute atomic E-state index is 0.295. The van der Waals surface area contributed by atoms with E-state index in [1.165, 1.54) is 0 Å². The van der Waals surface area contributed by atoms with Crippen LogP contribution in [0.3, 0.4) is 0 Å². The van der Waals surface area contributed by atoms with Gasteiger partial charge in [-0.15, -0.1) is 0 Å². The first kappa shape index (κ1) is 10.8. The smallest absolute Gasteiger partial charge is 0.0473 e. The Kier molecular flexibility index (Phi) is 6.46. The maximum atomic E-state index is 4.20. The summed E-state index contributed by atoms with van der Waals surface area (Å²) in [6, 6.07) is 0. The zero-order chi connectivity index (χ0) is 8.69. The van der Waals surface area contributed by atoms with Crippen molar-refractivity contribution in [2.24, 2.45) is 0 Å². The molecule has 0 amide bonds. The molecule has 0 fully saturated rings. The van der Waals surface area contributed by atoms with E-state index in [-0.39, 0.29) is 0 Å². The molecule has 0 aliphatic rings. The fourth-order valence-corrected chi connectivity index (χ4v) is 0.860. The lowest BCUT2D eigenvalue weighted by Gasteiger charge is -2.13. The Balaban J connectivity index is 3.07. The van der Waals surface area contributed by atoms with Gasteiger partial charge in [0.15, 0.2) is 0 Å². The lowest BCUT2D eigenvalue weighted by molar-refractivity contribution is 0.436. The van der Waals surface area contributed by atoms with Gasteiger partial charge in [-0.1, -0.05) is 6.58 Å². The van der Waals surface area contributed by atoms with Crippen LogP contribution in [0.15, 0.2) is 12.8 Å². The molecular weight excluding hydrogens is 156 g/mol. The predicted octanol–water partition coefficient (Wildman–Crippen LogP) is 1.32. The van der Waals surface area contributed by atoms with E-state index in [1.54, 1.807) is 0 Å². The summed E-state index contributed by atoms with van der Waals surface area (Å²) in [4.78, 5) is 2.07. The van der Waals surface area contributed by atoms with E-state index in [0.29, 0.717) is 5.37 Å². The monoisotopic (exact) mass is 174 g/mol. The van der Waals surface area contributed by atoms with Crippen LogP contribution >= 0.6 is 12.6 Å². The van der Waals surface area contributed by atoms with Crippen molar-refractivity contribution in [1.82, 2.24) is 10.2 Å². The highest BCUT2D eigenvalue weighted by atomic mass is 32.1. The van der Waals surface area contributed by atoms with E-state index in [1.807, 2.05) is 20.2 Å². The minimum atomic E-state index is 0.295. The topological polar surface area (TPSA) is 15.3 Å². The predicted molar refractivity (Wildman–Crippen MR) is 53.9 cm³/mol. The first-order valence-electron chi connectivity index (χ1n) is 3.91. The summed E-state index contributed by atoms with van der Waals surface area (Å²) in [6.07, 6.45) is 2.97. The lowest BCUT2D eigenvalue weighted by atomic mass is 10.4. The molecule has 0 aromatic carbocycles. The van der Waals surface area contributed by atoms with Gasteiger partial charge in [-0.2, -0.15) is 12.6 Å². The number of hydrogen-bond acceptors (Lipinski definition) is 3. The molecule has 0 heterocycles. The average molecular weight is 174 g/mol. The molecule has 0 spiro atoms. The molecule has 1 atom stereocenters. The van der Waals surface area contributed by atoms with Crippen molar-refractivity contribution in [3.05, 3.63) is 12.8 Å². The van der Waals surface area contributed by atoms with Crippen molar-refractivity contribution >= 4 is 12.6 Å². The molecule has 66 valence electrons. The van der Waals surface area contributed by atoms with Crippen LogP contribution < -0.4 is 5.32 Å². The van der Waals surface area contributed by atoms with Gasteiger partial charge < -0.3 is 10.2 Å². The number of nitrogens with one attached hydrogen (secondary N) is 1. The van der Waals surface area contributed by atoms with E-state index in [2.05, 4.69) is 29.4 Å². The Morgan fingerprint density at radius 2 is 2.36 bits per heavy atom. The normalized spacial score (nSPS) is 12.6. The molecule has 3 heteroatoms. The number of hydrogen-bond donors (Lipinski definition) is 2. The molecule has 11 heavy (non-hydrogen) atoms. The molecular formula is C8H18N2S. The van der Waals surface area contributed by atoms with Crippen LogP contribution in [-0.2, 0) is 0 Å². The second-order valence-electron chi connectivity index (χ2n) is 2.65. The quantitative estimate of drug-likeness (QED) is 0.359. The SMILES string of the molecule is C=CN(C)CCCNC(C)S. The second-order valence-corrected chi connectivity index (χ2v) is 3.42. The van der Waals surface area contributed by atoms with Gasteiger partial charge in [-0.3, -0.25) is 0 Å². The van der Waals surface area contributed by atoms with Gasteiger partial charge in [-0.25, -0.2) is 0 Å². The van der Waals surface area contributed by atoms with E-state index in [9.17, 15) is 0 Å². The van der Waals surface area contributed by atoms with E-state index in [0.717, 1.165) is 19.5 Å². The van der Waals surface area contributed by atoms with Gasteiger partial charge in [0.1, 0.15) is 0 Å². The maximum Gasteiger partial charge on any atom is 0.0473 e. The van der Waals surface area contributed by atoms with Crippen LogP contribution in [0.1, 0.15) is 13.3 Å². The summed E-state index contributed by atoms with van der Waals surface area (Å²) >= 11 is 4.20. The Bertz CT molecular complexity index is 104.